The molecule has 2 N–H and O–H groups in total. The molecule has 0 aliphatic carbocycles. The first-order valence-corrected chi connectivity index (χ1v) is 7.46. The van der Waals surface area contributed by atoms with E-state index in [-0.39, 0.29) is 30.1 Å². The Labute approximate surface area is 143 Å². The molecule has 9 heteroatoms. The predicted octanol–water partition coefficient (Wildman–Crippen LogP) is 2.44. The highest BCUT2D eigenvalue weighted by atomic mass is 19.3. The molecule has 1 aromatic carbocycles. The number of aromatic nitrogens is 1. The summed E-state index contributed by atoms with van der Waals surface area (Å²) >= 11 is 0. The van der Waals surface area contributed by atoms with Gasteiger partial charge >= 0.3 is 12.6 Å². The number of fused-ring (bicyclic) bond motifs is 1. The predicted molar refractivity (Wildman–Crippen MR) is 88.7 cm³/mol. The molecule has 0 atom stereocenters. The number of anilines is 1. The molecular weight excluding hydrogens is 334 g/mol. The minimum absolute atomic E-state index is 0.0758. The van der Waals surface area contributed by atoms with Gasteiger partial charge in [-0.15, -0.1) is 0 Å². The fraction of sp³-hybridized carbons (Fsp3) is 0.312. The Morgan fingerprint density at radius 1 is 1.28 bits per heavy atom. The molecule has 0 unspecified atom stereocenters. The number of urea groups is 1. The third-order valence-electron chi connectivity index (χ3n) is 3.32. The van der Waals surface area contributed by atoms with Crippen LogP contribution in [0, 0.1) is 0 Å². The number of nitrogens with zero attached hydrogens (tertiary/aromatic N) is 2. The van der Waals surface area contributed by atoms with Crippen molar-refractivity contribution in [2.24, 2.45) is 0 Å². The quantitative estimate of drug-likeness (QED) is 0.836. The Kier molecular flexibility index (Phi) is 6.04. The summed E-state index contributed by atoms with van der Waals surface area (Å²) in [4.78, 5) is 28.9. The maximum absolute atomic E-state index is 12.5. The standard InChI is InChI=1S/C16H18F2N4O3/c1-22(2)13(23)7-9-20-16(24)21-11-5-6-12(25-15(17)18)14-10(11)4-3-8-19-14/h3-6,8,15H,7,9H2,1-2H3,(H2,20,21,24). The van der Waals surface area contributed by atoms with Crippen LogP contribution in [0.5, 0.6) is 5.75 Å². The summed E-state index contributed by atoms with van der Waals surface area (Å²) in [5.74, 6) is -0.184. The van der Waals surface area contributed by atoms with E-state index in [1.54, 1.807) is 26.2 Å². The highest BCUT2D eigenvalue weighted by molar-refractivity contribution is 6.02. The summed E-state index contributed by atoms with van der Waals surface area (Å²) in [6.07, 6.45) is 1.61. The van der Waals surface area contributed by atoms with Crippen LogP contribution in [-0.2, 0) is 4.79 Å². The fourth-order valence-corrected chi connectivity index (χ4v) is 2.12. The molecule has 0 saturated heterocycles. The van der Waals surface area contributed by atoms with E-state index in [1.807, 2.05) is 0 Å². The lowest BCUT2D eigenvalue weighted by Gasteiger charge is -2.13. The van der Waals surface area contributed by atoms with Crippen molar-refractivity contribution in [2.45, 2.75) is 13.0 Å². The summed E-state index contributed by atoms with van der Waals surface area (Å²) in [6.45, 7) is -2.80. The first-order chi connectivity index (χ1) is 11.9. The smallest absolute Gasteiger partial charge is 0.387 e. The van der Waals surface area contributed by atoms with Crippen LogP contribution in [0.4, 0.5) is 19.3 Å². The summed E-state index contributed by atoms with van der Waals surface area (Å²) in [7, 11) is 3.26. The summed E-state index contributed by atoms with van der Waals surface area (Å²) in [5, 5.41) is 5.63. The van der Waals surface area contributed by atoms with Gasteiger partial charge in [-0.3, -0.25) is 9.78 Å². The van der Waals surface area contributed by atoms with Gasteiger partial charge in [0.2, 0.25) is 5.91 Å². The van der Waals surface area contributed by atoms with E-state index in [4.69, 9.17) is 0 Å². The van der Waals surface area contributed by atoms with Crippen molar-refractivity contribution < 1.29 is 23.1 Å². The second-order valence-corrected chi connectivity index (χ2v) is 5.31. The molecule has 1 aromatic heterocycles. The Hall–Kier alpha value is -2.97. The number of benzene rings is 1. The van der Waals surface area contributed by atoms with E-state index >= 15 is 0 Å². The van der Waals surface area contributed by atoms with Gasteiger partial charge in [0.25, 0.3) is 0 Å². The topological polar surface area (TPSA) is 83.6 Å². The van der Waals surface area contributed by atoms with Crippen LogP contribution >= 0.6 is 0 Å². The zero-order valence-electron chi connectivity index (χ0n) is 13.8. The molecule has 25 heavy (non-hydrogen) atoms. The Morgan fingerprint density at radius 3 is 2.72 bits per heavy atom. The van der Waals surface area contributed by atoms with Gasteiger partial charge in [0, 0.05) is 38.6 Å². The molecule has 0 radical (unpaired) electrons. The van der Waals surface area contributed by atoms with Crippen LogP contribution in [0.1, 0.15) is 6.42 Å². The normalized spacial score (nSPS) is 10.6. The Balaban J connectivity index is 2.08. The number of amides is 3. The number of rotatable bonds is 6. The minimum atomic E-state index is -2.97. The molecule has 0 fully saturated rings. The van der Waals surface area contributed by atoms with Crippen LogP contribution in [0.15, 0.2) is 30.5 Å². The molecule has 7 nitrogen and oxygen atoms in total. The second-order valence-electron chi connectivity index (χ2n) is 5.31. The van der Waals surface area contributed by atoms with E-state index < -0.39 is 12.6 Å². The summed E-state index contributed by atoms with van der Waals surface area (Å²) < 4.78 is 29.4. The number of pyridine rings is 1. The Bertz CT molecular complexity index is 768. The molecule has 2 rings (SSSR count). The number of halogens is 2. The molecular formula is C16H18F2N4O3. The van der Waals surface area contributed by atoms with Crippen molar-refractivity contribution >= 4 is 28.5 Å². The second kappa shape index (κ2) is 8.22. The van der Waals surface area contributed by atoms with Gasteiger partial charge < -0.3 is 20.3 Å². The largest absolute Gasteiger partial charge is 0.432 e. The Morgan fingerprint density at radius 2 is 2.04 bits per heavy atom. The molecule has 134 valence electrons. The van der Waals surface area contributed by atoms with Crippen LogP contribution in [0.25, 0.3) is 10.9 Å². The van der Waals surface area contributed by atoms with Crippen LogP contribution < -0.4 is 15.4 Å². The first-order valence-electron chi connectivity index (χ1n) is 7.46. The number of hydrogen-bond acceptors (Lipinski definition) is 4. The van der Waals surface area contributed by atoms with Gasteiger partial charge in [0.1, 0.15) is 5.52 Å². The van der Waals surface area contributed by atoms with Gasteiger partial charge in [-0.2, -0.15) is 8.78 Å². The number of carbonyl (C=O) groups is 2. The maximum atomic E-state index is 12.5. The van der Waals surface area contributed by atoms with Gasteiger partial charge in [-0.25, -0.2) is 4.79 Å². The average Bonchev–Trinajstić information content (AvgIpc) is 2.56. The van der Waals surface area contributed by atoms with Gasteiger partial charge in [0.05, 0.1) is 5.69 Å². The third-order valence-corrected chi connectivity index (χ3v) is 3.32. The van der Waals surface area contributed by atoms with Crippen molar-refractivity contribution in [1.82, 2.24) is 15.2 Å². The SMILES string of the molecule is CN(C)C(=O)CCNC(=O)Nc1ccc(OC(F)F)c2ncccc12. The number of ether oxygens (including phenoxy) is 1. The molecule has 0 bridgehead atoms. The van der Waals surface area contributed by atoms with Gasteiger partial charge in [-0.1, -0.05) is 0 Å². The lowest BCUT2D eigenvalue weighted by atomic mass is 10.1. The van der Waals surface area contributed by atoms with Crippen molar-refractivity contribution in [3.05, 3.63) is 30.5 Å². The molecule has 0 aliphatic rings. The van der Waals surface area contributed by atoms with E-state index in [9.17, 15) is 18.4 Å². The van der Waals surface area contributed by atoms with Crippen molar-refractivity contribution in [2.75, 3.05) is 26.0 Å². The molecule has 3 amide bonds. The lowest BCUT2D eigenvalue weighted by molar-refractivity contribution is -0.128. The van der Waals surface area contributed by atoms with E-state index in [2.05, 4.69) is 20.4 Å². The van der Waals surface area contributed by atoms with Crippen LogP contribution in [-0.4, -0.2) is 49.1 Å². The summed E-state index contributed by atoms with van der Waals surface area (Å²) in [6, 6.07) is 5.50. The van der Waals surface area contributed by atoms with E-state index in [0.29, 0.717) is 11.1 Å². The van der Waals surface area contributed by atoms with Gasteiger partial charge in [0.15, 0.2) is 5.75 Å². The third kappa shape index (κ3) is 5.00. The molecule has 0 saturated carbocycles. The van der Waals surface area contributed by atoms with Crippen molar-refractivity contribution in [3.8, 4) is 5.75 Å². The van der Waals surface area contributed by atoms with Crippen LogP contribution in [0.2, 0.25) is 0 Å². The molecule has 0 aliphatic heterocycles. The highest BCUT2D eigenvalue weighted by Crippen LogP contribution is 2.30. The maximum Gasteiger partial charge on any atom is 0.387 e. The zero-order chi connectivity index (χ0) is 18.4. The van der Waals surface area contributed by atoms with E-state index in [1.165, 1.54) is 23.2 Å². The van der Waals surface area contributed by atoms with Crippen LogP contribution in [0.3, 0.4) is 0 Å². The molecule has 1 heterocycles. The van der Waals surface area contributed by atoms with Crippen molar-refractivity contribution in [1.29, 1.82) is 0 Å². The fourth-order valence-electron chi connectivity index (χ4n) is 2.12. The minimum Gasteiger partial charge on any atom is -0.432 e. The summed E-state index contributed by atoms with van der Waals surface area (Å²) in [5.41, 5.74) is 0.601. The van der Waals surface area contributed by atoms with E-state index in [0.717, 1.165) is 0 Å². The average molecular weight is 352 g/mol. The molecule has 0 spiro atoms. The zero-order valence-corrected chi connectivity index (χ0v) is 13.8. The first kappa shape index (κ1) is 18.4. The van der Waals surface area contributed by atoms with Gasteiger partial charge in [-0.05, 0) is 24.3 Å². The van der Waals surface area contributed by atoms with Crippen molar-refractivity contribution in [3.63, 3.8) is 0 Å². The monoisotopic (exact) mass is 352 g/mol. The molecule has 2 aromatic rings. The number of nitrogens with one attached hydrogen (secondary N) is 2. The number of alkyl halides is 2. The highest BCUT2D eigenvalue weighted by Gasteiger charge is 2.13. The lowest BCUT2D eigenvalue weighted by Crippen LogP contribution is -2.33. The number of carbonyl (C=O) groups excluding carboxylic acids is 2. The number of hydrogen-bond donors (Lipinski definition) is 2.